The average molecular weight is 271 g/mol. The lowest BCUT2D eigenvalue weighted by Crippen LogP contribution is -2.48. The first-order valence-corrected chi connectivity index (χ1v) is 6.23. The molecule has 2 unspecified atom stereocenters. The van der Waals surface area contributed by atoms with Crippen LogP contribution in [0.5, 0.6) is 5.75 Å². The van der Waals surface area contributed by atoms with Gasteiger partial charge in [-0.05, 0) is 18.2 Å². The minimum absolute atomic E-state index is 0.0841. The Labute approximate surface area is 110 Å². The van der Waals surface area contributed by atoms with Gasteiger partial charge in [-0.25, -0.2) is 4.39 Å². The zero-order valence-corrected chi connectivity index (χ0v) is 10.5. The Morgan fingerprint density at radius 3 is 2.58 bits per heavy atom. The van der Waals surface area contributed by atoms with Crippen LogP contribution in [0.15, 0.2) is 18.2 Å². The monoisotopic (exact) mass is 271 g/mol. The van der Waals surface area contributed by atoms with Gasteiger partial charge in [0.2, 0.25) is 0 Å². The summed E-state index contributed by atoms with van der Waals surface area (Å²) >= 11 is 0. The highest BCUT2D eigenvalue weighted by Gasteiger charge is 2.33. The molecule has 0 spiro atoms. The van der Waals surface area contributed by atoms with Gasteiger partial charge >= 0.3 is 0 Å². The van der Waals surface area contributed by atoms with Crippen LogP contribution in [0, 0.1) is 5.82 Å². The van der Waals surface area contributed by atoms with Crippen molar-refractivity contribution in [3.8, 4) is 5.75 Å². The summed E-state index contributed by atoms with van der Waals surface area (Å²) in [4.78, 5) is 1.73. The molecular formula is C13H18FNO4. The fraction of sp³-hybridized carbons (Fsp3) is 0.538. The van der Waals surface area contributed by atoms with Crippen LogP contribution in [0.3, 0.4) is 0 Å². The highest BCUT2D eigenvalue weighted by Crippen LogP contribution is 2.34. The number of rotatable bonds is 5. The summed E-state index contributed by atoms with van der Waals surface area (Å²) in [5, 5.41) is 28.3. The lowest BCUT2D eigenvalue weighted by molar-refractivity contribution is -0.00883. The summed E-state index contributed by atoms with van der Waals surface area (Å²) < 4.78 is 18.7. The maximum atomic E-state index is 13.2. The Bertz CT molecular complexity index is 423. The lowest BCUT2D eigenvalue weighted by atomic mass is 9.97. The largest absolute Gasteiger partial charge is 0.491 e. The maximum absolute atomic E-state index is 13.2. The van der Waals surface area contributed by atoms with Crippen molar-refractivity contribution in [3.05, 3.63) is 29.6 Å². The first kappa shape index (κ1) is 14.2. The van der Waals surface area contributed by atoms with Crippen LogP contribution in [0.4, 0.5) is 4.39 Å². The van der Waals surface area contributed by atoms with Crippen molar-refractivity contribution in [1.29, 1.82) is 0 Å². The van der Waals surface area contributed by atoms with Crippen LogP contribution >= 0.6 is 0 Å². The molecule has 106 valence electrons. The van der Waals surface area contributed by atoms with Gasteiger partial charge in [0.1, 0.15) is 24.3 Å². The maximum Gasteiger partial charge on any atom is 0.125 e. The van der Waals surface area contributed by atoms with Gasteiger partial charge in [-0.1, -0.05) is 0 Å². The Morgan fingerprint density at radius 1 is 1.26 bits per heavy atom. The first-order chi connectivity index (χ1) is 9.17. The third kappa shape index (κ3) is 3.03. The second kappa shape index (κ2) is 6.29. The summed E-state index contributed by atoms with van der Waals surface area (Å²) in [6, 6.07) is 3.62. The molecule has 2 atom stereocenters. The molecule has 0 bridgehead atoms. The van der Waals surface area contributed by atoms with E-state index < -0.39 is 18.0 Å². The van der Waals surface area contributed by atoms with E-state index in [1.54, 1.807) is 4.90 Å². The fourth-order valence-electron chi connectivity index (χ4n) is 2.36. The fourth-order valence-corrected chi connectivity index (χ4v) is 2.36. The Kier molecular flexibility index (Phi) is 4.71. The van der Waals surface area contributed by atoms with Crippen LogP contribution < -0.4 is 4.74 Å². The lowest BCUT2D eigenvalue weighted by Gasteiger charge is -2.37. The van der Waals surface area contributed by atoms with Gasteiger partial charge < -0.3 is 20.1 Å². The molecule has 1 aliphatic rings. The molecule has 3 N–H and O–H groups in total. The van der Waals surface area contributed by atoms with Gasteiger partial charge in [0, 0.05) is 18.7 Å². The SMILES string of the molecule is OCCN(CCO)C1COc2ccc(F)cc2C1O. The highest BCUT2D eigenvalue weighted by atomic mass is 19.1. The van der Waals surface area contributed by atoms with E-state index in [1.807, 2.05) is 0 Å². The van der Waals surface area contributed by atoms with Crippen molar-refractivity contribution in [2.45, 2.75) is 12.1 Å². The molecule has 5 nitrogen and oxygen atoms in total. The minimum Gasteiger partial charge on any atom is -0.491 e. The summed E-state index contributed by atoms with van der Waals surface area (Å²) in [7, 11) is 0. The van der Waals surface area contributed by atoms with Gasteiger partial charge in [0.05, 0.1) is 19.3 Å². The van der Waals surface area contributed by atoms with Crippen molar-refractivity contribution >= 4 is 0 Å². The summed E-state index contributed by atoms with van der Waals surface area (Å²) in [6.07, 6.45) is -0.905. The Hall–Kier alpha value is -1.21. The van der Waals surface area contributed by atoms with E-state index in [9.17, 15) is 9.50 Å². The van der Waals surface area contributed by atoms with Crippen molar-refractivity contribution < 1.29 is 24.4 Å². The van der Waals surface area contributed by atoms with Crippen molar-refractivity contribution in [2.24, 2.45) is 0 Å². The molecule has 0 fully saturated rings. The van der Waals surface area contributed by atoms with E-state index in [-0.39, 0.29) is 19.8 Å². The van der Waals surface area contributed by atoms with E-state index in [4.69, 9.17) is 14.9 Å². The molecule has 1 aliphatic heterocycles. The molecule has 2 rings (SSSR count). The summed E-state index contributed by atoms with van der Waals surface area (Å²) in [5.74, 6) is 0.0380. The van der Waals surface area contributed by atoms with Crippen LogP contribution in [0.2, 0.25) is 0 Å². The van der Waals surface area contributed by atoms with Crippen LogP contribution in [0.1, 0.15) is 11.7 Å². The Balaban J connectivity index is 2.21. The summed E-state index contributed by atoms with van der Waals surface area (Å²) in [6.45, 7) is 0.699. The summed E-state index contributed by atoms with van der Waals surface area (Å²) in [5.41, 5.74) is 0.400. The highest BCUT2D eigenvalue weighted by molar-refractivity contribution is 5.38. The van der Waals surface area contributed by atoms with Crippen molar-refractivity contribution in [1.82, 2.24) is 4.90 Å². The quantitative estimate of drug-likeness (QED) is 0.698. The average Bonchev–Trinajstić information content (AvgIpc) is 2.40. The predicted octanol–water partition coefficient (Wildman–Crippen LogP) is -0.0933. The molecule has 1 aromatic carbocycles. The number of aliphatic hydroxyl groups is 3. The molecular weight excluding hydrogens is 253 g/mol. The van der Waals surface area contributed by atoms with Gasteiger partial charge in [-0.15, -0.1) is 0 Å². The van der Waals surface area contributed by atoms with Crippen LogP contribution in [-0.4, -0.2) is 59.2 Å². The third-order valence-corrected chi connectivity index (χ3v) is 3.31. The van der Waals surface area contributed by atoms with Crippen molar-refractivity contribution in [2.75, 3.05) is 32.9 Å². The number of fused-ring (bicyclic) bond motifs is 1. The van der Waals surface area contributed by atoms with E-state index in [1.165, 1.54) is 18.2 Å². The number of nitrogens with zero attached hydrogens (tertiary/aromatic N) is 1. The molecule has 0 saturated carbocycles. The van der Waals surface area contributed by atoms with Crippen LogP contribution in [0.25, 0.3) is 0 Å². The second-order valence-corrected chi connectivity index (χ2v) is 4.49. The van der Waals surface area contributed by atoms with Gasteiger partial charge in [0.15, 0.2) is 0 Å². The molecule has 0 aliphatic carbocycles. The number of ether oxygens (including phenoxy) is 1. The van der Waals surface area contributed by atoms with Gasteiger partial charge in [-0.3, -0.25) is 4.90 Å². The predicted molar refractivity (Wildman–Crippen MR) is 66.4 cm³/mol. The molecule has 1 aromatic rings. The number of hydrogen-bond donors (Lipinski definition) is 3. The molecule has 0 saturated heterocycles. The molecule has 0 aromatic heterocycles. The topological polar surface area (TPSA) is 73.2 Å². The molecule has 6 heteroatoms. The molecule has 1 heterocycles. The number of hydrogen-bond acceptors (Lipinski definition) is 5. The third-order valence-electron chi connectivity index (χ3n) is 3.31. The normalized spacial score (nSPS) is 22.2. The Morgan fingerprint density at radius 2 is 1.95 bits per heavy atom. The second-order valence-electron chi connectivity index (χ2n) is 4.49. The molecule has 0 radical (unpaired) electrons. The molecule has 0 amide bonds. The zero-order valence-electron chi connectivity index (χ0n) is 10.5. The number of aliphatic hydroxyl groups excluding tert-OH is 3. The van der Waals surface area contributed by atoms with E-state index in [0.717, 1.165) is 0 Å². The first-order valence-electron chi connectivity index (χ1n) is 6.23. The van der Waals surface area contributed by atoms with E-state index in [2.05, 4.69) is 0 Å². The number of benzene rings is 1. The smallest absolute Gasteiger partial charge is 0.125 e. The van der Waals surface area contributed by atoms with Crippen LogP contribution in [-0.2, 0) is 0 Å². The zero-order chi connectivity index (χ0) is 13.8. The van der Waals surface area contributed by atoms with Gasteiger partial charge in [-0.2, -0.15) is 0 Å². The molecule has 19 heavy (non-hydrogen) atoms. The van der Waals surface area contributed by atoms with Gasteiger partial charge in [0.25, 0.3) is 0 Å². The van der Waals surface area contributed by atoms with E-state index in [0.29, 0.717) is 24.4 Å². The van der Waals surface area contributed by atoms with Crippen molar-refractivity contribution in [3.63, 3.8) is 0 Å². The number of halogens is 1. The minimum atomic E-state index is -0.905. The standard InChI is InChI=1S/C13H18FNO4/c14-9-1-2-12-10(7-9)13(18)11(8-19-12)15(3-5-16)4-6-17/h1-2,7,11,13,16-18H,3-6,8H2. The van der Waals surface area contributed by atoms with E-state index >= 15 is 0 Å².